The van der Waals surface area contributed by atoms with Crippen molar-refractivity contribution in [2.24, 2.45) is 0 Å². The first-order valence-electron chi connectivity index (χ1n) is 6.38. The van der Waals surface area contributed by atoms with E-state index in [4.69, 9.17) is 9.47 Å². The van der Waals surface area contributed by atoms with Gasteiger partial charge in [-0.1, -0.05) is 0 Å². The number of nitrogens with one attached hydrogen (secondary N) is 1. The van der Waals surface area contributed by atoms with Gasteiger partial charge in [-0.3, -0.25) is 0 Å². The van der Waals surface area contributed by atoms with Gasteiger partial charge in [0.1, 0.15) is 16.4 Å². The Hall–Kier alpha value is -1.34. The average Bonchev–Trinajstić information content (AvgIpc) is 2.75. The number of methoxy groups -OCH3 is 1. The van der Waals surface area contributed by atoms with Gasteiger partial charge >= 0.3 is 6.09 Å². The molecule has 0 aliphatic heterocycles. The summed E-state index contributed by atoms with van der Waals surface area (Å²) in [5.41, 5.74) is 0.365. The van der Waals surface area contributed by atoms with E-state index < -0.39 is 11.7 Å². The molecule has 0 aliphatic carbocycles. The van der Waals surface area contributed by atoms with Crippen molar-refractivity contribution < 1.29 is 14.3 Å². The van der Waals surface area contributed by atoms with E-state index in [1.165, 1.54) is 11.3 Å². The number of carbonyl (C=O) groups is 1. The lowest BCUT2D eigenvalue weighted by molar-refractivity contribution is 0.0523. The summed E-state index contributed by atoms with van der Waals surface area (Å²) in [6.07, 6.45) is -0.444. The fourth-order valence-corrected chi connectivity index (χ4v) is 3.08. The molecule has 0 saturated heterocycles. The first-order chi connectivity index (χ1) is 9.78. The molecule has 1 N–H and O–H groups in total. The van der Waals surface area contributed by atoms with Gasteiger partial charge in [0, 0.05) is 6.07 Å². The molecule has 114 valence electrons. The molecule has 0 aliphatic rings. The molecule has 1 heterocycles. The maximum Gasteiger partial charge on any atom is 0.408 e. The third-order valence-electron chi connectivity index (χ3n) is 2.49. The van der Waals surface area contributed by atoms with Crippen LogP contribution in [0.25, 0.3) is 10.2 Å². The predicted octanol–water partition coefficient (Wildman–Crippen LogP) is 4.09. The van der Waals surface area contributed by atoms with Gasteiger partial charge in [-0.15, -0.1) is 11.3 Å². The number of rotatable bonds is 3. The van der Waals surface area contributed by atoms with Crippen molar-refractivity contribution in [1.82, 2.24) is 10.3 Å². The summed E-state index contributed by atoms with van der Waals surface area (Å²) in [6.45, 7) is 5.82. The van der Waals surface area contributed by atoms with Crippen molar-refractivity contribution in [3.63, 3.8) is 0 Å². The fraction of sp³-hybridized carbons (Fsp3) is 0.429. The predicted molar refractivity (Wildman–Crippen MR) is 86.9 cm³/mol. The molecular formula is C14H17BrN2O3S. The summed E-state index contributed by atoms with van der Waals surface area (Å²) in [5.74, 6) is 0.762. The molecule has 0 saturated carbocycles. The molecule has 1 amide bonds. The van der Waals surface area contributed by atoms with Crippen LogP contribution in [0.2, 0.25) is 0 Å². The van der Waals surface area contributed by atoms with Crippen molar-refractivity contribution in [2.45, 2.75) is 32.9 Å². The van der Waals surface area contributed by atoms with Crippen LogP contribution in [0.5, 0.6) is 5.75 Å². The number of ether oxygens (including phenoxy) is 2. The van der Waals surface area contributed by atoms with Crippen LogP contribution in [0.3, 0.4) is 0 Å². The van der Waals surface area contributed by atoms with Gasteiger partial charge in [0.2, 0.25) is 0 Å². The number of carbonyl (C=O) groups excluding carboxylic acids is 1. The van der Waals surface area contributed by atoms with Crippen molar-refractivity contribution in [2.75, 3.05) is 7.11 Å². The Morgan fingerprint density at radius 2 is 2.14 bits per heavy atom. The third-order valence-corrected chi connectivity index (χ3v) is 4.13. The highest BCUT2D eigenvalue weighted by Gasteiger charge is 2.16. The smallest absolute Gasteiger partial charge is 0.408 e. The van der Waals surface area contributed by atoms with Crippen molar-refractivity contribution >= 4 is 43.6 Å². The summed E-state index contributed by atoms with van der Waals surface area (Å²) in [5, 5.41) is 3.52. The van der Waals surface area contributed by atoms with E-state index in [0.29, 0.717) is 6.54 Å². The minimum atomic E-state index is -0.504. The molecule has 5 nitrogen and oxygen atoms in total. The summed E-state index contributed by atoms with van der Waals surface area (Å²) in [7, 11) is 1.62. The molecule has 0 atom stereocenters. The van der Waals surface area contributed by atoms with E-state index in [-0.39, 0.29) is 0 Å². The second-order valence-electron chi connectivity index (χ2n) is 5.42. The first kappa shape index (κ1) is 16.0. The molecule has 1 aromatic heterocycles. The molecule has 2 rings (SSSR count). The molecule has 0 unspecified atom stereocenters. The highest BCUT2D eigenvalue weighted by Crippen LogP contribution is 2.33. The number of nitrogens with zero attached hydrogens (tertiary/aromatic N) is 1. The molecule has 0 radical (unpaired) electrons. The largest absolute Gasteiger partial charge is 0.496 e. The summed E-state index contributed by atoms with van der Waals surface area (Å²) in [6, 6.07) is 3.83. The average molecular weight is 373 g/mol. The topological polar surface area (TPSA) is 60.5 Å². The van der Waals surface area contributed by atoms with Crippen LogP contribution >= 0.6 is 27.3 Å². The van der Waals surface area contributed by atoms with Crippen molar-refractivity contribution in [1.29, 1.82) is 0 Å². The van der Waals surface area contributed by atoms with Crippen molar-refractivity contribution in [3.05, 3.63) is 21.6 Å². The zero-order valence-corrected chi connectivity index (χ0v) is 14.7. The lowest BCUT2D eigenvalue weighted by Crippen LogP contribution is -2.32. The van der Waals surface area contributed by atoms with Crippen LogP contribution in [-0.4, -0.2) is 23.8 Å². The zero-order valence-electron chi connectivity index (χ0n) is 12.3. The maximum atomic E-state index is 11.6. The molecule has 1 aromatic carbocycles. The van der Waals surface area contributed by atoms with Gasteiger partial charge in [-0.2, -0.15) is 0 Å². The lowest BCUT2D eigenvalue weighted by atomic mass is 10.2. The van der Waals surface area contributed by atoms with E-state index in [1.807, 2.05) is 32.9 Å². The number of amides is 1. The molecule has 2 aromatic rings. The van der Waals surface area contributed by atoms with E-state index in [9.17, 15) is 4.79 Å². The summed E-state index contributed by atoms with van der Waals surface area (Å²) < 4.78 is 12.3. The highest BCUT2D eigenvalue weighted by molar-refractivity contribution is 9.10. The number of alkyl carbamates (subject to hydrolysis) is 1. The van der Waals surface area contributed by atoms with Gasteiger partial charge in [0.15, 0.2) is 0 Å². The molecule has 0 bridgehead atoms. The van der Waals surface area contributed by atoms with Gasteiger partial charge in [0.25, 0.3) is 0 Å². The van der Waals surface area contributed by atoms with Gasteiger partial charge in [-0.05, 0) is 42.8 Å². The molecule has 0 fully saturated rings. The van der Waals surface area contributed by atoms with E-state index in [1.54, 1.807) is 7.11 Å². The summed E-state index contributed by atoms with van der Waals surface area (Å²) >= 11 is 4.95. The molecule has 0 spiro atoms. The van der Waals surface area contributed by atoms with Crippen LogP contribution in [0.4, 0.5) is 4.79 Å². The number of hydrogen-bond donors (Lipinski definition) is 1. The van der Waals surface area contributed by atoms with Crippen LogP contribution in [0, 0.1) is 0 Å². The van der Waals surface area contributed by atoms with Crippen LogP contribution in [0.1, 0.15) is 25.8 Å². The minimum Gasteiger partial charge on any atom is -0.496 e. The third kappa shape index (κ3) is 4.31. The number of fused-ring (bicyclic) bond motifs is 1. The second kappa shape index (κ2) is 6.19. The Balaban J connectivity index is 2.08. The van der Waals surface area contributed by atoms with E-state index >= 15 is 0 Å². The van der Waals surface area contributed by atoms with E-state index in [2.05, 4.69) is 26.2 Å². The van der Waals surface area contributed by atoms with Crippen LogP contribution in [0.15, 0.2) is 16.6 Å². The minimum absolute atomic E-state index is 0.341. The number of halogens is 1. The van der Waals surface area contributed by atoms with Crippen LogP contribution in [-0.2, 0) is 11.3 Å². The van der Waals surface area contributed by atoms with Gasteiger partial charge in [-0.25, -0.2) is 9.78 Å². The molecule has 21 heavy (non-hydrogen) atoms. The van der Waals surface area contributed by atoms with E-state index in [0.717, 1.165) is 25.4 Å². The number of thiazole rings is 1. The van der Waals surface area contributed by atoms with Gasteiger partial charge < -0.3 is 14.8 Å². The highest BCUT2D eigenvalue weighted by atomic mass is 79.9. The van der Waals surface area contributed by atoms with Crippen LogP contribution < -0.4 is 10.1 Å². The number of aromatic nitrogens is 1. The Labute approximate surface area is 135 Å². The Kier molecular flexibility index (Phi) is 4.73. The standard InChI is InChI=1S/C14H17BrN2O3S/c1-14(2,3)20-13(18)16-7-12-17-9-5-8(15)10(19-4)6-11(9)21-12/h5-6H,7H2,1-4H3,(H,16,18). The quantitative estimate of drug-likeness (QED) is 0.880. The fourth-order valence-electron chi connectivity index (χ4n) is 1.67. The SMILES string of the molecule is COc1cc2sc(CNC(=O)OC(C)(C)C)nc2cc1Br. The molecular weight excluding hydrogens is 356 g/mol. The second-order valence-corrected chi connectivity index (χ2v) is 7.39. The lowest BCUT2D eigenvalue weighted by Gasteiger charge is -2.19. The Bertz CT molecular complexity index is 664. The zero-order chi connectivity index (χ0) is 15.6. The Morgan fingerprint density at radius 1 is 1.43 bits per heavy atom. The number of hydrogen-bond acceptors (Lipinski definition) is 5. The summed E-state index contributed by atoms with van der Waals surface area (Å²) in [4.78, 5) is 16.1. The van der Waals surface area contributed by atoms with Crippen molar-refractivity contribution in [3.8, 4) is 5.75 Å². The monoisotopic (exact) mass is 372 g/mol. The number of benzene rings is 1. The Morgan fingerprint density at radius 3 is 2.76 bits per heavy atom. The maximum absolute atomic E-state index is 11.6. The van der Waals surface area contributed by atoms with Gasteiger partial charge in [0.05, 0.1) is 28.3 Å². The normalized spacial score (nSPS) is 11.5. The molecule has 7 heteroatoms. The first-order valence-corrected chi connectivity index (χ1v) is 7.99.